The molecule has 1 heterocycles. The molecule has 0 atom stereocenters. The van der Waals surface area contributed by atoms with Crippen LogP contribution in [0.4, 0.5) is 8.78 Å². The number of carbonyl (C=O) groups is 1. The molecule has 0 amide bonds. The second-order valence-electron chi connectivity index (χ2n) is 2.48. The Morgan fingerprint density at radius 3 is 2.67 bits per heavy atom. The topological polar surface area (TPSA) is 74.0 Å². The Bertz CT molecular complexity index is 457. The molecule has 0 aliphatic heterocycles. The van der Waals surface area contributed by atoms with Crippen molar-refractivity contribution in [1.29, 1.82) is 5.26 Å². The highest BCUT2D eigenvalue weighted by Crippen LogP contribution is 2.26. The first-order valence-corrected chi connectivity index (χ1v) is 4.38. The molecule has 0 bridgehead atoms. The lowest BCUT2D eigenvalue weighted by Gasteiger charge is -2.05. The number of nitrogens with zero attached hydrogens (tertiary/aromatic N) is 2. The van der Waals surface area contributed by atoms with Gasteiger partial charge in [-0.25, -0.2) is 18.6 Å². The number of alkyl halides is 2. The van der Waals surface area contributed by atoms with Gasteiger partial charge >= 0.3 is 5.97 Å². The molecule has 15 heavy (non-hydrogen) atoms. The minimum atomic E-state index is -2.92. The molecule has 78 valence electrons. The van der Waals surface area contributed by atoms with E-state index in [-0.39, 0.29) is 4.60 Å². The van der Waals surface area contributed by atoms with Crippen LogP contribution in [0.15, 0.2) is 10.7 Å². The van der Waals surface area contributed by atoms with Crippen LogP contribution in [-0.2, 0) is 0 Å². The summed E-state index contributed by atoms with van der Waals surface area (Å²) in [6.45, 7) is 0. The molecule has 0 radical (unpaired) electrons. The van der Waals surface area contributed by atoms with Gasteiger partial charge in [-0.3, -0.25) is 0 Å². The van der Waals surface area contributed by atoms with Crippen molar-refractivity contribution in [2.24, 2.45) is 0 Å². The highest BCUT2D eigenvalue weighted by molar-refractivity contribution is 9.10. The third-order valence-electron chi connectivity index (χ3n) is 1.57. The fraction of sp³-hybridized carbons (Fsp3) is 0.125. The number of rotatable bonds is 2. The van der Waals surface area contributed by atoms with E-state index < -0.39 is 29.2 Å². The van der Waals surface area contributed by atoms with Crippen molar-refractivity contribution in [3.8, 4) is 6.07 Å². The van der Waals surface area contributed by atoms with Crippen LogP contribution in [-0.4, -0.2) is 16.1 Å². The van der Waals surface area contributed by atoms with Crippen molar-refractivity contribution >= 4 is 21.9 Å². The summed E-state index contributed by atoms with van der Waals surface area (Å²) in [5.74, 6) is -1.52. The molecule has 1 rings (SSSR count). The molecule has 0 aliphatic carbocycles. The quantitative estimate of drug-likeness (QED) is 0.842. The van der Waals surface area contributed by atoms with Gasteiger partial charge in [-0.2, -0.15) is 5.26 Å². The normalized spacial score (nSPS) is 10.1. The van der Waals surface area contributed by atoms with Crippen molar-refractivity contribution in [2.75, 3.05) is 0 Å². The van der Waals surface area contributed by atoms with Crippen molar-refractivity contribution in [1.82, 2.24) is 4.98 Å². The average molecular weight is 277 g/mol. The predicted octanol–water partition coefficient (Wildman–Crippen LogP) is 2.35. The minimum Gasteiger partial charge on any atom is -0.476 e. The van der Waals surface area contributed by atoms with E-state index in [4.69, 9.17) is 10.4 Å². The molecule has 7 heteroatoms. The maximum Gasteiger partial charge on any atom is 0.355 e. The van der Waals surface area contributed by atoms with Gasteiger partial charge in [-0.05, 0) is 22.0 Å². The Hall–Kier alpha value is -1.55. The Kier molecular flexibility index (Phi) is 3.31. The van der Waals surface area contributed by atoms with Crippen LogP contribution in [0, 0.1) is 11.3 Å². The number of hydrogen-bond donors (Lipinski definition) is 1. The molecule has 0 spiro atoms. The van der Waals surface area contributed by atoms with E-state index in [2.05, 4.69) is 20.9 Å². The zero-order valence-electron chi connectivity index (χ0n) is 7.04. The molecule has 0 aliphatic rings. The van der Waals surface area contributed by atoms with Crippen LogP contribution >= 0.6 is 15.9 Å². The van der Waals surface area contributed by atoms with E-state index in [9.17, 15) is 13.6 Å². The minimum absolute atomic E-state index is 0.0470. The summed E-state index contributed by atoms with van der Waals surface area (Å²) in [4.78, 5) is 14.1. The highest BCUT2D eigenvalue weighted by atomic mass is 79.9. The van der Waals surface area contributed by atoms with E-state index in [0.29, 0.717) is 0 Å². The molecular weight excluding hydrogens is 274 g/mol. The molecular formula is C8H3BrF2N2O2. The van der Waals surface area contributed by atoms with E-state index in [1.54, 1.807) is 0 Å². The largest absolute Gasteiger partial charge is 0.476 e. The van der Waals surface area contributed by atoms with Crippen LogP contribution in [0.3, 0.4) is 0 Å². The van der Waals surface area contributed by atoms with Crippen LogP contribution in [0.1, 0.15) is 28.0 Å². The molecule has 1 aromatic rings. The zero-order valence-corrected chi connectivity index (χ0v) is 8.62. The second-order valence-corrected chi connectivity index (χ2v) is 3.29. The standard InChI is InChI=1S/C8H3BrF2N2O2/c9-5-1-3(7(10)11)4(2-12)6(13-5)8(14)15/h1,7H,(H,14,15). The lowest BCUT2D eigenvalue weighted by atomic mass is 10.1. The molecule has 1 aromatic heterocycles. The Morgan fingerprint density at radius 2 is 2.27 bits per heavy atom. The van der Waals surface area contributed by atoms with Crippen molar-refractivity contribution < 1.29 is 18.7 Å². The van der Waals surface area contributed by atoms with Crippen LogP contribution in [0.25, 0.3) is 0 Å². The average Bonchev–Trinajstić information content (AvgIpc) is 2.16. The number of aromatic carboxylic acids is 1. The van der Waals surface area contributed by atoms with Crippen LogP contribution < -0.4 is 0 Å². The fourth-order valence-electron chi connectivity index (χ4n) is 0.977. The van der Waals surface area contributed by atoms with Gasteiger partial charge < -0.3 is 5.11 Å². The SMILES string of the molecule is N#Cc1c(C(F)F)cc(Br)nc1C(=O)O. The van der Waals surface area contributed by atoms with Gasteiger partial charge in [0.25, 0.3) is 6.43 Å². The number of carboxylic acids is 1. The summed E-state index contributed by atoms with van der Waals surface area (Å²) < 4.78 is 24.8. The number of halogens is 3. The molecule has 4 nitrogen and oxygen atoms in total. The van der Waals surface area contributed by atoms with E-state index in [1.165, 1.54) is 6.07 Å². The number of hydrogen-bond acceptors (Lipinski definition) is 3. The van der Waals surface area contributed by atoms with E-state index >= 15 is 0 Å². The molecule has 0 aromatic carbocycles. The lowest BCUT2D eigenvalue weighted by molar-refractivity contribution is 0.0689. The molecule has 1 N–H and O–H groups in total. The molecule has 0 saturated carbocycles. The Labute approximate surface area is 91.3 Å². The second kappa shape index (κ2) is 4.31. The maximum absolute atomic E-state index is 12.4. The fourth-order valence-corrected chi connectivity index (χ4v) is 1.40. The zero-order chi connectivity index (χ0) is 11.6. The van der Waals surface area contributed by atoms with E-state index in [0.717, 1.165) is 6.07 Å². The van der Waals surface area contributed by atoms with Gasteiger partial charge in [0, 0.05) is 5.56 Å². The number of aromatic nitrogens is 1. The summed E-state index contributed by atoms with van der Waals surface area (Å²) in [5.41, 5.74) is -1.93. The summed E-state index contributed by atoms with van der Waals surface area (Å²) >= 11 is 2.80. The summed E-state index contributed by atoms with van der Waals surface area (Å²) in [6.07, 6.45) is -2.92. The summed E-state index contributed by atoms with van der Waals surface area (Å²) in [7, 11) is 0. The lowest BCUT2D eigenvalue weighted by Crippen LogP contribution is -2.07. The monoisotopic (exact) mass is 276 g/mol. The summed E-state index contributed by atoms with van der Waals surface area (Å²) in [5, 5.41) is 17.2. The predicted molar refractivity (Wildman–Crippen MR) is 48.6 cm³/mol. The number of nitriles is 1. The van der Waals surface area contributed by atoms with Gasteiger partial charge in [0.05, 0.1) is 5.56 Å². The first-order chi connectivity index (χ1) is 6.97. The number of carboxylic acid groups (broad SMARTS) is 1. The highest BCUT2D eigenvalue weighted by Gasteiger charge is 2.22. The molecule has 0 fully saturated rings. The van der Waals surface area contributed by atoms with Crippen molar-refractivity contribution in [3.05, 3.63) is 27.5 Å². The van der Waals surface area contributed by atoms with Gasteiger partial charge in [0.15, 0.2) is 5.69 Å². The van der Waals surface area contributed by atoms with Gasteiger partial charge in [-0.15, -0.1) is 0 Å². The van der Waals surface area contributed by atoms with Crippen LogP contribution in [0.2, 0.25) is 0 Å². The summed E-state index contributed by atoms with van der Waals surface area (Å²) in [6, 6.07) is 2.34. The Morgan fingerprint density at radius 1 is 1.67 bits per heavy atom. The van der Waals surface area contributed by atoms with Gasteiger partial charge in [-0.1, -0.05) is 0 Å². The molecule has 0 saturated heterocycles. The number of pyridine rings is 1. The first kappa shape index (κ1) is 11.5. The first-order valence-electron chi connectivity index (χ1n) is 3.59. The van der Waals surface area contributed by atoms with Gasteiger partial charge in [0.2, 0.25) is 0 Å². The smallest absolute Gasteiger partial charge is 0.355 e. The third-order valence-corrected chi connectivity index (χ3v) is 1.97. The Balaban J connectivity index is 3.54. The third kappa shape index (κ3) is 2.27. The maximum atomic E-state index is 12.4. The molecule has 0 unspecified atom stereocenters. The van der Waals surface area contributed by atoms with Crippen molar-refractivity contribution in [3.63, 3.8) is 0 Å². The van der Waals surface area contributed by atoms with Crippen molar-refractivity contribution in [2.45, 2.75) is 6.43 Å². The van der Waals surface area contributed by atoms with Crippen LogP contribution in [0.5, 0.6) is 0 Å². The van der Waals surface area contributed by atoms with E-state index in [1.807, 2.05) is 0 Å². The van der Waals surface area contributed by atoms with Gasteiger partial charge in [0.1, 0.15) is 10.7 Å².